The van der Waals surface area contributed by atoms with Gasteiger partial charge in [-0.2, -0.15) is 10.2 Å². The molecule has 0 fully saturated rings. The second kappa shape index (κ2) is 14.7. The summed E-state index contributed by atoms with van der Waals surface area (Å²) in [5.74, 6) is -0.193. The minimum absolute atomic E-state index is 0.185. The molecule has 0 bridgehead atoms. The molecular weight excluding hydrogens is 557 g/mol. The van der Waals surface area contributed by atoms with Crippen molar-refractivity contribution in [1.82, 2.24) is 25.7 Å². The van der Waals surface area contributed by atoms with E-state index in [4.69, 9.17) is 9.47 Å². The molecule has 0 aliphatic carbocycles. The van der Waals surface area contributed by atoms with Gasteiger partial charge in [-0.1, -0.05) is 0 Å². The van der Waals surface area contributed by atoms with E-state index in [1.165, 1.54) is 12.1 Å². The van der Waals surface area contributed by atoms with Gasteiger partial charge in [0.15, 0.2) is 0 Å². The number of unbranched alkanes of at least 4 members (excludes halogenated alkanes) is 1. The van der Waals surface area contributed by atoms with Crippen LogP contribution in [0.15, 0.2) is 53.6 Å². The van der Waals surface area contributed by atoms with Crippen LogP contribution in [0.2, 0.25) is 0 Å². The number of H-pyrrole nitrogens is 2. The number of ether oxygens (including phenoxy) is 3. The third kappa shape index (κ3) is 9.46. The number of hydrogen-bond donors (Lipinski definition) is 5. The van der Waals surface area contributed by atoms with Crippen LogP contribution in [0, 0.1) is 0 Å². The lowest BCUT2D eigenvalue weighted by atomic mass is 10.1. The Labute approximate surface area is 239 Å². The van der Waals surface area contributed by atoms with Crippen molar-refractivity contribution in [2.75, 3.05) is 38.2 Å². The SMILES string of the molecule is C[C@H](CO)Oc1cc(CNCCCCOCCNc2cc(-c3cn[nH]c(=O)c3)cc3[nH]ncc23)cc(OC(F)(F)F)c1. The van der Waals surface area contributed by atoms with E-state index in [2.05, 4.69) is 35.8 Å². The number of anilines is 1. The van der Waals surface area contributed by atoms with Crippen molar-refractivity contribution in [2.24, 2.45) is 0 Å². The van der Waals surface area contributed by atoms with E-state index in [0.717, 1.165) is 41.1 Å². The van der Waals surface area contributed by atoms with Crippen LogP contribution < -0.4 is 25.7 Å². The fraction of sp³-hybridized carbons (Fsp3) is 0.393. The van der Waals surface area contributed by atoms with Crippen molar-refractivity contribution in [3.8, 4) is 22.6 Å². The average Bonchev–Trinajstić information content (AvgIpc) is 3.42. The predicted octanol–water partition coefficient (Wildman–Crippen LogP) is 3.97. The topological polar surface area (TPSA) is 146 Å². The molecule has 0 aliphatic heterocycles. The third-order valence-corrected chi connectivity index (χ3v) is 6.11. The molecule has 14 heteroatoms. The highest BCUT2D eigenvalue weighted by atomic mass is 19.4. The fourth-order valence-corrected chi connectivity index (χ4v) is 4.21. The zero-order chi connectivity index (χ0) is 30.0. The quantitative estimate of drug-likeness (QED) is 0.122. The Morgan fingerprint density at radius 1 is 0.952 bits per heavy atom. The molecule has 4 rings (SSSR count). The minimum atomic E-state index is -4.82. The van der Waals surface area contributed by atoms with Crippen molar-refractivity contribution < 1.29 is 32.5 Å². The molecule has 0 unspecified atom stereocenters. The molecule has 0 saturated heterocycles. The molecule has 5 N–H and O–H groups in total. The molecule has 2 heterocycles. The first-order valence-electron chi connectivity index (χ1n) is 13.4. The average molecular weight is 591 g/mol. The van der Waals surface area contributed by atoms with Crippen molar-refractivity contribution in [3.05, 3.63) is 64.7 Å². The highest BCUT2D eigenvalue weighted by molar-refractivity contribution is 5.95. The highest BCUT2D eigenvalue weighted by Gasteiger charge is 2.31. The molecule has 0 aliphatic rings. The van der Waals surface area contributed by atoms with Crippen LogP contribution in [-0.4, -0.2) is 70.9 Å². The van der Waals surface area contributed by atoms with Gasteiger partial charge in [-0.25, -0.2) is 5.10 Å². The number of hydrogen-bond acceptors (Lipinski definition) is 9. The molecular formula is C28H33F3N6O5. The predicted molar refractivity (Wildman–Crippen MR) is 150 cm³/mol. The number of aliphatic hydroxyl groups is 1. The fourth-order valence-electron chi connectivity index (χ4n) is 4.21. The molecule has 2 aromatic heterocycles. The molecule has 0 spiro atoms. The van der Waals surface area contributed by atoms with Crippen LogP contribution in [-0.2, 0) is 11.3 Å². The number of nitrogens with zero attached hydrogens (tertiary/aromatic N) is 2. The third-order valence-electron chi connectivity index (χ3n) is 6.11. The molecule has 42 heavy (non-hydrogen) atoms. The maximum absolute atomic E-state index is 12.7. The zero-order valence-corrected chi connectivity index (χ0v) is 23.0. The van der Waals surface area contributed by atoms with Gasteiger partial charge in [0.2, 0.25) is 0 Å². The Bertz CT molecular complexity index is 1490. The highest BCUT2D eigenvalue weighted by Crippen LogP contribution is 2.30. The molecule has 2 aromatic carbocycles. The van der Waals surface area contributed by atoms with Gasteiger partial charge < -0.3 is 30.0 Å². The molecule has 226 valence electrons. The van der Waals surface area contributed by atoms with Crippen molar-refractivity contribution in [3.63, 3.8) is 0 Å². The number of aliphatic hydroxyl groups excluding tert-OH is 1. The summed E-state index contributed by atoms with van der Waals surface area (Å²) < 4.78 is 53.4. The molecule has 0 radical (unpaired) electrons. The summed E-state index contributed by atoms with van der Waals surface area (Å²) in [5.41, 5.74) is 3.47. The first kappa shape index (κ1) is 30.8. The number of alkyl halides is 3. The summed E-state index contributed by atoms with van der Waals surface area (Å²) in [4.78, 5) is 11.7. The summed E-state index contributed by atoms with van der Waals surface area (Å²) in [6.45, 7) is 3.88. The molecule has 0 amide bonds. The molecule has 11 nitrogen and oxygen atoms in total. The summed E-state index contributed by atoms with van der Waals surface area (Å²) in [6.07, 6.45) is -0.473. The van der Waals surface area contributed by atoms with E-state index < -0.39 is 12.5 Å². The smallest absolute Gasteiger partial charge is 0.488 e. The van der Waals surface area contributed by atoms with Crippen LogP contribution in [0.3, 0.4) is 0 Å². The van der Waals surface area contributed by atoms with E-state index in [-0.39, 0.29) is 23.7 Å². The summed E-state index contributed by atoms with van der Waals surface area (Å²) in [5, 5.41) is 30.0. The normalized spacial score (nSPS) is 12.4. The maximum atomic E-state index is 12.7. The summed E-state index contributed by atoms with van der Waals surface area (Å²) in [6, 6.07) is 9.39. The van der Waals surface area contributed by atoms with Gasteiger partial charge in [0, 0.05) is 48.5 Å². The van der Waals surface area contributed by atoms with E-state index in [1.54, 1.807) is 25.4 Å². The number of benzene rings is 2. The Morgan fingerprint density at radius 2 is 1.76 bits per heavy atom. The van der Waals surface area contributed by atoms with Crippen LogP contribution in [0.25, 0.3) is 22.0 Å². The minimum Gasteiger partial charge on any atom is -0.488 e. The number of fused-ring (bicyclic) bond motifs is 1. The monoisotopic (exact) mass is 590 g/mol. The van der Waals surface area contributed by atoms with E-state index in [9.17, 15) is 23.1 Å². The van der Waals surface area contributed by atoms with Gasteiger partial charge in [0.1, 0.15) is 17.6 Å². The van der Waals surface area contributed by atoms with E-state index in [0.29, 0.717) is 44.0 Å². The second-order valence-corrected chi connectivity index (χ2v) is 9.58. The number of aromatic amines is 2. The van der Waals surface area contributed by atoms with Crippen molar-refractivity contribution in [1.29, 1.82) is 0 Å². The molecule has 4 aromatic rings. The number of rotatable bonds is 16. The van der Waals surface area contributed by atoms with Gasteiger partial charge >= 0.3 is 6.36 Å². The second-order valence-electron chi connectivity index (χ2n) is 9.58. The number of aromatic nitrogens is 4. The standard InChI is InChI=1S/C28H33F3N6O5/c1-18(17-38)41-22-8-19(9-23(13-22)42-28(29,30)31)14-32-4-2-3-6-40-7-5-33-25-10-20(11-26-24(25)16-35-36-26)21-12-27(39)37-34-15-21/h8-13,15-16,18,32-33,38H,2-7,14,17H2,1H3,(H,35,36)(H,37,39)/t18-/m1/s1. The number of nitrogens with one attached hydrogen (secondary N) is 4. The van der Waals surface area contributed by atoms with Crippen LogP contribution in [0.1, 0.15) is 25.3 Å². The summed E-state index contributed by atoms with van der Waals surface area (Å²) >= 11 is 0. The van der Waals surface area contributed by atoms with Crippen LogP contribution >= 0.6 is 0 Å². The molecule has 0 saturated carbocycles. The molecule has 1 atom stereocenters. The van der Waals surface area contributed by atoms with Crippen molar-refractivity contribution >= 4 is 16.6 Å². The first-order valence-corrected chi connectivity index (χ1v) is 13.4. The lowest BCUT2D eigenvalue weighted by Gasteiger charge is -2.16. The van der Waals surface area contributed by atoms with E-state index in [1.807, 2.05) is 12.1 Å². The number of halogens is 3. The first-order chi connectivity index (χ1) is 20.2. The van der Waals surface area contributed by atoms with E-state index >= 15 is 0 Å². The Kier molecular flexibility index (Phi) is 10.8. The Morgan fingerprint density at radius 3 is 2.55 bits per heavy atom. The van der Waals surface area contributed by atoms with Gasteiger partial charge in [-0.05, 0) is 61.7 Å². The van der Waals surface area contributed by atoms with Gasteiger partial charge in [0.25, 0.3) is 5.56 Å². The zero-order valence-electron chi connectivity index (χ0n) is 23.0. The Hall–Kier alpha value is -4.14. The Balaban J connectivity index is 1.17. The van der Waals surface area contributed by atoms with Crippen LogP contribution in [0.5, 0.6) is 11.5 Å². The van der Waals surface area contributed by atoms with Gasteiger partial charge in [-0.3, -0.25) is 9.89 Å². The lowest BCUT2D eigenvalue weighted by Crippen LogP contribution is -2.20. The lowest BCUT2D eigenvalue weighted by molar-refractivity contribution is -0.274. The van der Waals surface area contributed by atoms with Crippen molar-refractivity contribution in [2.45, 2.75) is 38.8 Å². The maximum Gasteiger partial charge on any atom is 0.573 e. The summed E-state index contributed by atoms with van der Waals surface area (Å²) in [7, 11) is 0. The van der Waals surface area contributed by atoms with Crippen LogP contribution in [0.4, 0.5) is 18.9 Å². The van der Waals surface area contributed by atoms with Gasteiger partial charge in [0.05, 0.1) is 31.1 Å². The largest absolute Gasteiger partial charge is 0.573 e. The van der Waals surface area contributed by atoms with Gasteiger partial charge in [-0.15, -0.1) is 13.2 Å².